The lowest BCUT2D eigenvalue weighted by Crippen LogP contribution is -2.32. The van der Waals surface area contributed by atoms with Crippen LogP contribution in [0.5, 0.6) is 0 Å². The number of carboxylic acids is 1. The molecule has 1 N–H and O–H groups in total. The highest BCUT2D eigenvalue weighted by Crippen LogP contribution is 2.69. The standard InChI is InChI=1S/C14H22O2/c1-9(12(15)16)7-11-8-10-5-6-14(11,4)13(10,2)3/h10-11H,1,5-8H2,2-4H3,(H,15,16). The third-order valence-corrected chi connectivity index (χ3v) is 5.77. The van der Waals surface area contributed by atoms with Gasteiger partial charge in [-0.05, 0) is 48.3 Å². The van der Waals surface area contributed by atoms with Gasteiger partial charge in [0.25, 0.3) is 0 Å². The second-order valence-corrected chi connectivity index (χ2v) is 6.42. The van der Waals surface area contributed by atoms with Crippen LogP contribution < -0.4 is 0 Å². The first-order chi connectivity index (χ1) is 7.29. The zero-order valence-corrected chi connectivity index (χ0v) is 10.5. The number of hydrogen-bond donors (Lipinski definition) is 1. The van der Waals surface area contributed by atoms with E-state index in [9.17, 15) is 4.79 Å². The van der Waals surface area contributed by atoms with E-state index in [0.717, 1.165) is 5.92 Å². The molecule has 0 heterocycles. The molecule has 90 valence electrons. The Morgan fingerprint density at radius 3 is 2.44 bits per heavy atom. The summed E-state index contributed by atoms with van der Waals surface area (Å²) in [6, 6.07) is 0. The zero-order chi connectivity index (χ0) is 12.1. The van der Waals surface area contributed by atoms with E-state index in [1.165, 1.54) is 19.3 Å². The molecular formula is C14H22O2. The topological polar surface area (TPSA) is 37.3 Å². The fourth-order valence-corrected chi connectivity index (χ4v) is 4.06. The largest absolute Gasteiger partial charge is 0.478 e. The fraction of sp³-hybridized carbons (Fsp3) is 0.786. The lowest BCUT2D eigenvalue weighted by molar-refractivity contribution is -0.133. The van der Waals surface area contributed by atoms with Crippen LogP contribution in [0.3, 0.4) is 0 Å². The maximum absolute atomic E-state index is 10.9. The van der Waals surface area contributed by atoms with Gasteiger partial charge >= 0.3 is 5.97 Å². The summed E-state index contributed by atoms with van der Waals surface area (Å²) in [5.41, 5.74) is 1.07. The van der Waals surface area contributed by atoms with Crippen LogP contribution in [0.2, 0.25) is 0 Å². The van der Waals surface area contributed by atoms with Gasteiger partial charge in [-0.2, -0.15) is 0 Å². The van der Waals surface area contributed by atoms with Gasteiger partial charge in [-0.1, -0.05) is 27.4 Å². The van der Waals surface area contributed by atoms with E-state index in [0.29, 0.717) is 28.7 Å². The van der Waals surface area contributed by atoms with E-state index in [1.807, 2.05) is 0 Å². The molecule has 0 aromatic heterocycles. The maximum atomic E-state index is 10.9. The molecule has 16 heavy (non-hydrogen) atoms. The second kappa shape index (κ2) is 3.35. The van der Waals surface area contributed by atoms with Gasteiger partial charge < -0.3 is 5.11 Å². The van der Waals surface area contributed by atoms with Crippen molar-refractivity contribution in [2.75, 3.05) is 0 Å². The summed E-state index contributed by atoms with van der Waals surface area (Å²) < 4.78 is 0. The van der Waals surface area contributed by atoms with Crippen molar-refractivity contribution in [3.8, 4) is 0 Å². The molecular weight excluding hydrogens is 200 g/mol. The van der Waals surface area contributed by atoms with Crippen LogP contribution in [0.4, 0.5) is 0 Å². The smallest absolute Gasteiger partial charge is 0.330 e. The van der Waals surface area contributed by atoms with Gasteiger partial charge in [0.05, 0.1) is 0 Å². The van der Waals surface area contributed by atoms with E-state index >= 15 is 0 Å². The summed E-state index contributed by atoms with van der Waals surface area (Å²) in [6.07, 6.45) is 4.43. The van der Waals surface area contributed by atoms with Crippen LogP contribution >= 0.6 is 0 Å². The molecule has 0 aromatic rings. The van der Waals surface area contributed by atoms with Gasteiger partial charge in [0.1, 0.15) is 0 Å². The van der Waals surface area contributed by atoms with Crippen LogP contribution in [-0.4, -0.2) is 11.1 Å². The van der Waals surface area contributed by atoms with Gasteiger partial charge in [-0.15, -0.1) is 0 Å². The quantitative estimate of drug-likeness (QED) is 0.742. The number of carbonyl (C=O) groups is 1. The molecule has 3 atom stereocenters. The van der Waals surface area contributed by atoms with Crippen molar-refractivity contribution in [3.05, 3.63) is 12.2 Å². The maximum Gasteiger partial charge on any atom is 0.330 e. The molecule has 2 fully saturated rings. The van der Waals surface area contributed by atoms with Crippen molar-refractivity contribution >= 4 is 5.97 Å². The molecule has 2 aliphatic rings. The van der Waals surface area contributed by atoms with E-state index in [1.54, 1.807) is 0 Å². The SMILES string of the molecule is C=C(CC1CC2CCC1(C)C2(C)C)C(=O)O. The van der Waals surface area contributed by atoms with Gasteiger partial charge in [-0.25, -0.2) is 4.79 Å². The van der Waals surface area contributed by atoms with E-state index in [4.69, 9.17) is 5.11 Å². The minimum absolute atomic E-state index is 0.316. The Labute approximate surface area is 97.7 Å². The molecule has 2 rings (SSSR count). The van der Waals surface area contributed by atoms with Crippen molar-refractivity contribution in [1.29, 1.82) is 0 Å². The molecule has 2 saturated carbocycles. The zero-order valence-electron chi connectivity index (χ0n) is 10.5. The molecule has 2 heteroatoms. The number of carboxylic acid groups (broad SMARTS) is 1. The lowest BCUT2D eigenvalue weighted by atomic mass is 9.65. The molecule has 2 aliphatic carbocycles. The summed E-state index contributed by atoms with van der Waals surface area (Å²) >= 11 is 0. The molecule has 0 amide bonds. The molecule has 0 radical (unpaired) electrons. The highest BCUT2D eigenvalue weighted by atomic mass is 16.4. The van der Waals surface area contributed by atoms with Crippen molar-refractivity contribution in [3.63, 3.8) is 0 Å². The summed E-state index contributed by atoms with van der Waals surface area (Å²) in [5, 5.41) is 8.93. The highest BCUT2D eigenvalue weighted by Gasteiger charge is 2.60. The Bertz CT molecular complexity index is 343. The first-order valence-electron chi connectivity index (χ1n) is 6.20. The summed E-state index contributed by atoms with van der Waals surface area (Å²) in [6.45, 7) is 10.7. The van der Waals surface area contributed by atoms with E-state index in [2.05, 4.69) is 27.4 Å². The third kappa shape index (κ3) is 1.35. The Balaban J connectivity index is 2.16. The van der Waals surface area contributed by atoms with Crippen molar-refractivity contribution in [2.24, 2.45) is 22.7 Å². The molecule has 0 aliphatic heterocycles. The van der Waals surface area contributed by atoms with Gasteiger partial charge in [0.15, 0.2) is 0 Å². The van der Waals surface area contributed by atoms with Crippen LogP contribution in [0.25, 0.3) is 0 Å². The first-order valence-corrected chi connectivity index (χ1v) is 6.20. The molecule has 2 bridgehead atoms. The number of fused-ring (bicyclic) bond motifs is 2. The van der Waals surface area contributed by atoms with Crippen LogP contribution in [-0.2, 0) is 4.79 Å². The first kappa shape index (κ1) is 11.7. The minimum atomic E-state index is -0.829. The summed E-state index contributed by atoms with van der Waals surface area (Å²) in [7, 11) is 0. The van der Waals surface area contributed by atoms with Gasteiger partial charge in [-0.3, -0.25) is 0 Å². The van der Waals surface area contributed by atoms with E-state index < -0.39 is 5.97 Å². The van der Waals surface area contributed by atoms with Crippen LogP contribution in [0.15, 0.2) is 12.2 Å². The van der Waals surface area contributed by atoms with Crippen LogP contribution in [0.1, 0.15) is 46.5 Å². The third-order valence-electron chi connectivity index (χ3n) is 5.77. The minimum Gasteiger partial charge on any atom is -0.478 e. The van der Waals surface area contributed by atoms with Crippen molar-refractivity contribution in [1.82, 2.24) is 0 Å². The summed E-state index contributed by atoms with van der Waals surface area (Å²) in [5.74, 6) is 0.470. The van der Waals surface area contributed by atoms with Crippen molar-refractivity contribution in [2.45, 2.75) is 46.5 Å². The molecule has 0 aromatic carbocycles. The van der Waals surface area contributed by atoms with Crippen LogP contribution in [0, 0.1) is 22.7 Å². The molecule has 0 spiro atoms. The van der Waals surface area contributed by atoms with Crippen molar-refractivity contribution < 1.29 is 9.90 Å². The Morgan fingerprint density at radius 2 is 2.06 bits per heavy atom. The second-order valence-electron chi connectivity index (χ2n) is 6.42. The van der Waals surface area contributed by atoms with Gasteiger partial charge in [0.2, 0.25) is 0 Å². The average molecular weight is 222 g/mol. The molecule has 0 saturated heterocycles. The normalized spacial score (nSPS) is 39.9. The lowest BCUT2D eigenvalue weighted by Gasteiger charge is -2.39. The average Bonchev–Trinajstić information content (AvgIpc) is 2.50. The van der Waals surface area contributed by atoms with Gasteiger partial charge in [0, 0.05) is 5.57 Å². The molecule has 2 nitrogen and oxygen atoms in total. The molecule has 3 unspecified atom stereocenters. The fourth-order valence-electron chi connectivity index (χ4n) is 4.06. The Hall–Kier alpha value is -0.790. The summed E-state index contributed by atoms with van der Waals surface area (Å²) in [4.78, 5) is 10.9. The number of rotatable bonds is 3. The number of hydrogen-bond acceptors (Lipinski definition) is 1. The monoisotopic (exact) mass is 222 g/mol. The predicted molar refractivity (Wildman–Crippen MR) is 64.1 cm³/mol. The number of aliphatic carboxylic acids is 1. The Morgan fingerprint density at radius 1 is 1.44 bits per heavy atom. The predicted octanol–water partition coefficient (Wildman–Crippen LogP) is 3.48. The van der Waals surface area contributed by atoms with E-state index in [-0.39, 0.29) is 0 Å². The Kier molecular flexibility index (Phi) is 2.45. The highest BCUT2D eigenvalue weighted by molar-refractivity contribution is 5.85.